The molecule has 1 heterocycles. The van der Waals surface area contributed by atoms with Crippen LogP contribution in [0, 0.1) is 5.92 Å². The predicted molar refractivity (Wildman–Crippen MR) is 122 cm³/mol. The summed E-state index contributed by atoms with van der Waals surface area (Å²) < 4.78 is 10.4. The third-order valence-electron chi connectivity index (χ3n) is 5.80. The molecule has 186 valence electrons. The molecule has 0 aromatic rings. The SMILES string of the molecule is COCCN1CCN(C[C@@H](C)[C@@H](C(=O)O)N(C)C(=O)C(C)N(C)C(=O)OC(C)(C)C)CC1. The minimum Gasteiger partial charge on any atom is -0.480 e. The molecule has 0 saturated carbocycles. The summed E-state index contributed by atoms with van der Waals surface area (Å²) in [6.45, 7) is 14.3. The van der Waals surface area contributed by atoms with Crippen molar-refractivity contribution in [3.05, 3.63) is 0 Å². The first-order chi connectivity index (χ1) is 14.8. The standard InChI is InChI=1S/C22H42N4O6/c1-16(15-26-11-9-25(10-12-26)13-14-31-8)18(20(28)29)24(7)19(27)17(2)23(6)21(30)32-22(3,4)5/h16-18H,9-15H2,1-8H3,(H,28,29)/t16-,17?,18+/m1/s1. The Labute approximate surface area is 192 Å². The van der Waals surface area contributed by atoms with Gasteiger partial charge in [-0.25, -0.2) is 9.59 Å². The number of piperazine rings is 1. The van der Waals surface area contributed by atoms with Crippen molar-refractivity contribution in [1.82, 2.24) is 19.6 Å². The minimum absolute atomic E-state index is 0.286. The number of aliphatic carboxylic acids is 1. The maximum absolute atomic E-state index is 13.0. The van der Waals surface area contributed by atoms with E-state index in [0.29, 0.717) is 13.2 Å². The number of methoxy groups -OCH3 is 1. The van der Waals surface area contributed by atoms with Gasteiger partial charge in [-0.05, 0) is 33.6 Å². The van der Waals surface area contributed by atoms with Crippen molar-refractivity contribution in [3.8, 4) is 0 Å². The van der Waals surface area contributed by atoms with Gasteiger partial charge in [-0.3, -0.25) is 14.6 Å². The van der Waals surface area contributed by atoms with Crippen LogP contribution in [-0.2, 0) is 19.1 Å². The fraction of sp³-hybridized carbons (Fsp3) is 0.864. The van der Waals surface area contributed by atoms with Gasteiger partial charge >= 0.3 is 12.1 Å². The number of hydrogen-bond acceptors (Lipinski definition) is 7. The molecule has 0 bridgehead atoms. The summed E-state index contributed by atoms with van der Waals surface area (Å²) >= 11 is 0. The summed E-state index contributed by atoms with van der Waals surface area (Å²) in [6.07, 6.45) is -0.627. The topological polar surface area (TPSA) is 103 Å². The number of likely N-dealkylation sites (N-methyl/N-ethyl adjacent to an activating group) is 2. The number of hydrogen-bond donors (Lipinski definition) is 1. The Hall–Kier alpha value is -1.91. The van der Waals surface area contributed by atoms with Crippen molar-refractivity contribution in [3.63, 3.8) is 0 Å². The van der Waals surface area contributed by atoms with E-state index < -0.39 is 35.7 Å². The molecule has 0 radical (unpaired) electrons. The zero-order valence-corrected chi connectivity index (χ0v) is 21.0. The lowest BCUT2D eigenvalue weighted by Crippen LogP contribution is -2.56. The highest BCUT2D eigenvalue weighted by molar-refractivity contribution is 5.89. The van der Waals surface area contributed by atoms with Crippen LogP contribution in [0.2, 0.25) is 0 Å². The Kier molecular flexibility index (Phi) is 10.9. The van der Waals surface area contributed by atoms with Gasteiger partial charge in [0.25, 0.3) is 0 Å². The Morgan fingerprint density at radius 3 is 2.00 bits per heavy atom. The largest absolute Gasteiger partial charge is 0.480 e. The number of ether oxygens (including phenoxy) is 2. The van der Waals surface area contributed by atoms with Crippen LogP contribution in [0.3, 0.4) is 0 Å². The van der Waals surface area contributed by atoms with E-state index in [-0.39, 0.29) is 5.92 Å². The highest BCUT2D eigenvalue weighted by atomic mass is 16.6. The Balaban J connectivity index is 2.73. The molecule has 10 nitrogen and oxygen atoms in total. The van der Waals surface area contributed by atoms with Crippen molar-refractivity contribution in [2.24, 2.45) is 5.92 Å². The molecule has 2 amide bonds. The summed E-state index contributed by atoms with van der Waals surface area (Å²) in [4.78, 5) is 44.4. The van der Waals surface area contributed by atoms with E-state index in [1.54, 1.807) is 34.8 Å². The number of carbonyl (C=O) groups excluding carboxylic acids is 2. The van der Waals surface area contributed by atoms with Gasteiger partial charge in [0, 0.05) is 60.5 Å². The summed E-state index contributed by atoms with van der Waals surface area (Å²) in [5.74, 6) is -1.78. The third kappa shape index (κ3) is 8.55. The second-order valence-corrected chi connectivity index (χ2v) is 9.61. The number of carbonyl (C=O) groups is 3. The first-order valence-electron chi connectivity index (χ1n) is 11.2. The summed E-state index contributed by atoms with van der Waals surface area (Å²) in [5, 5.41) is 9.87. The van der Waals surface area contributed by atoms with E-state index in [1.807, 2.05) is 6.92 Å². The molecule has 1 fully saturated rings. The van der Waals surface area contributed by atoms with Crippen molar-refractivity contribution < 1.29 is 29.0 Å². The average molecular weight is 459 g/mol. The number of rotatable bonds is 10. The maximum atomic E-state index is 13.0. The molecule has 1 saturated heterocycles. The van der Waals surface area contributed by atoms with Crippen LogP contribution < -0.4 is 0 Å². The molecule has 3 atom stereocenters. The Bertz CT molecular complexity index is 630. The van der Waals surface area contributed by atoms with Gasteiger partial charge in [-0.15, -0.1) is 0 Å². The quantitative estimate of drug-likeness (QED) is 0.518. The molecule has 1 N–H and O–H groups in total. The van der Waals surface area contributed by atoms with Crippen LogP contribution in [-0.4, -0.2) is 127 Å². The zero-order chi connectivity index (χ0) is 24.6. The van der Waals surface area contributed by atoms with Crippen LogP contribution in [0.5, 0.6) is 0 Å². The average Bonchev–Trinajstić information content (AvgIpc) is 2.70. The molecule has 0 spiro atoms. The number of carboxylic acid groups (broad SMARTS) is 1. The zero-order valence-electron chi connectivity index (χ0n) is 21.0. The van der Waals surface area contributed by atoms with Gasteiger partial charge in [0.2, 0.25) is 5.91 Å². The van der Waals surface area contributed by atoms with Crippen molar-refractivity contribution >= 4 is 18.0 Å². The van der Waals surface area contributed by atoms with Crippen LogP contribution in [0.4, 0.5) is 4.79 Å². The molecule has 1 rings (SSSR count). The Morgan fingerprint density at radius 2 is 1.53 bits per heavy atom. The number of carboxylic acids is 1. The Morgan fingerprint density at radius 1 is 1.00 bits per heavy atom. The molecular formula is C22H42N4O6. The number of amides is 2. The fourth-order valence-electron chi connectivity index (χ4n) is 3.80. The summed E-state index contributed by atoms with van der Waals surface area (Å²) in [6, 6.07) is -1.85. The van der Waals surface area contributed by atoms with Crippen LogP contribution in [0.1, 0.15) is 34.6 Å². The van der Waals surface area contributed by atoms with E-state index in [9.17, 15) is 19.5 Å². The van der Waals surface area contributed by atoms with Gasteiger partial charge in [0.1, 0.15) is 17.7 Å². The van der Waals surface area contributed by atoms with E-state index in [1.165, 1.54) is 23.9 Å². The fourth-order valence-corrected chi connectivity index (χ4v) is 3.80. The maximum Gasteiger partial charge on any atom is 0.410 e. The molecule has 1 aliphatic heterocycles. The molecule has 1 aliphatic rings. The molecule has 0 aliphatic carbocycles. The molecule has 32 heavy (non-hydrogen) atoms. The van der Waals surface area contributed by atoms with Gasteiger partial charge in [-0.2, -0.15) is 0 Å². The molecule has 1 unspecified atom stereocenters. The van der Waals surface area contributed by atoms with E-state index in [2.05, 4.69) is 9.80 Å². The third-order valence-corrected chi connectivity index (χ3v) is 5.80. The summed E-state index contributed by atoms with van der Waals surface area (Å²) in [5.41, 5.74) is -0.689. The number of nitrogens with zero attached hydrogens (tertiary/aromatic N) is 4. The first kappa shape index (κ1) is 28.1. The minimum atomic E-state index is -1.06. The normalized spacial score (nSPS) is 18.5. The highest BCUT2D eigenvalue weighted by Crippen LogP contribution is 2.17. The van der Waals surface area contributed by atoms with Crippen LogP contribution in [0.25, 0.3) is 0 Å². The van der Waals surface area contributed by atoms with Crippen molar-refractivity contribution in [2.45, 2.75) is 52.3 Å². The van der Waals surface area contributed by atoms with Crippen molar-refractivity contribution in [1.29, 1.82) is 0 Å². The van der Waals surface area contributed by atoms with Crippen molar-refractivity contribution in [2.75, 3.05) is 67.1 Å². The molecule has 0 aromatic carbocycles. The van der Waals surface area contributed by atoms with E-state index >= 15 is 0 Å². The van der Waals surface area contributed by atoms with E-state index in [0.717, 1.165) is 32.7 Å². The van der Waals surface area contributed by atoms with Crippen LogP contribution in [0.15, 0.2) is 0 Å². The first-order valence-corrected chi connectivity index (χ1v) is 11.2. The lowest BCUT2D eigenvalue weighted by molar-refractivity contribution is -0.153. The lowest BCUT2D eigenvalue weighted by atomic mass is 9.98. The van der Waals surface area contributed by atoms with Gasteiger partial charge in [0.15, 0.2) is 0 Å². The monoisotopic (exact) mass is 458 g/mol. The smallest absolute Gasteiger partial charge is 0.410 e. The molecule has 10 heteroatoms. The summed E-state index contributed by atoms with van der Waals surface area (Å²) in [7, 11) is 4.65. The van der Waals surface area contributed by atoms with E-state index in [4.69, 9.17) is 9.47 Å². The van der Waals surface area contributed by atoms with Gasteiger partial charge in [-0.1, -0.05) is 6.92 Å². The van der Waals surface area contributed by atoms with Crippen LogP contribution >= 0.6 is 0 Å². The second-order valence-electron chi connectivity index (χ2n) is 9.61. The van der Waals surface area contributed by atoms with Gasteiger partial charge < -0.3 is 24.4 Å². The van der Waals surface area contributed by atoms with Gasteiger partial charge in [0.05, 0.1) is 6.61 Å². The highest BCUT2D eigenvalue weighted by Gasteiger charge is 2.37. The second kappa shape index (κ2) is 12.4. The molecular weight excluding hydrogens is 416 g/mol. The lowest BCUT2D eigenvalue weighted by Gasteiger charge is -2.39. The predicted octanol–water partition coefficient (Wildman–Crippen LogP) is 1.05. The molecule has 0 aromatic heterocycles.